The number of carbonyl (C=O) groups excluding carboxylic acids is 1. The number of carboxylic acids is 1. The number of guanidine groups is 1. The number of hydrogen-bond donors (Lipinski definition) is 4. The zero-order valence-electron chi connectivity index (χ0n) is 19.3. The van der Waals surface area contributed by atoms with E-state index in [1.54, 1.807) is 0 Å². The van der Waals surface area contributed by atoms with E-state index in [-0.39, 0.29) is 23.0 Å². The predicted octanol–water partition coefficient (Wildman–Crippen LogP) is -0.599. The van der Waals surface area contributed by atoms with Crippen LogP contribution in [0.1, 0.15) is 19.3 Å². The van der Waals surface area contributed by atoms with Crippen LogP contribution in [0.3, 0.4) is 0 Å². The molecule has 1 fully saturated rings. The number of hydrogen-bond acceptors (Lipinski definition) is 10. The summed E-state index contributed by atoms with van der Waals surface area (Å²) in [5.41, 5.74) is -5.30. The van der Waals surface area contributed by atoms with Gasteiger partial charge < -0.3 is 19.9 Å². The first-order valence-corrected chi connectivity index (χ1v) is 12.8. The van der Waals surface area contributed by atoms with Crippen LogP contribution in [0.5, 0.6) is 0 Å². The van der Waals surface area contributed by atoms with Crippen molar-refractivity contribution in [1.82, 2.24) is 34.9 Å². The second-order valence-electron chi connectivity index (χ2n) is 8.49. The van der Waals surface area contributed by atoms with Crippen molar-refractivity contribution < 1.29 is 36.3 Å². The summed E-state index contributed by atoms with van der Waals surface area (Å²) >= 11 is 0. The Morgan fingerprint density at radius 3 is 2.57 bits per heavy atom. The van der Waals surface area contributed by atoms with Crippen molar-refractivity contribution in [3.63, 3.8) is 0 Å². The highest BCUT2D eigenvalue weighted by molar-refractivity contribution is 7.90. The quantitative estimate of drug-likeness (QED) is 0.349. The lowest BCUT2D eigenvalue weighted by atomic mass is 9.96. The third-order valence-electron chi connectivity index (χ3n) is 5.97. The van der Waals surface area contributed by atoms with Crippen molar-refractivity contribution in [2.45, 2.75) is 37.4 Å². The van der Waals surface area contributed by atoms with Crippen molar-refractivity contribution >= 4 is 44.8 Å². The summed E-state index contributed by atoms with van der Waals surface area (Å²) in [7, 11) is -5.90. The van der Waals surface area contributed by atoms with Crippen molar-refractivity contribution in [2.75, 3.05) is 31.1 Å². The molecular formula is C19H24F3N9O5S. The number of nitrogens with zero attached hydrogens (tertiary/aromatic N) is 6. The molecule has 1 saturated heterocycles. The maximum absolute atomic E-state index is 12.7. The second kappa shape index (κ2) is 10.4. The molecule has 0 aliphatic carbocycles. The summed E-state index contributed by atoms with van der Waals surface area (Å²) in [5, 5.41) is 15.1. The van der Waals surface area contributed by atoms with E-state index in [2.05, 4.69) is 30.6 Å². The average molecular weight is 548 g/mol. The number of aliphatic imine (C=N–C) groups is 1. The topological polar surface area (TPSA) is 184 Å². The van der Waals surface area contributed by atoms with Crippen molar-refractivity contribution in [1.29, 1.82) is 0 Å². The van der Waals surface area contributed by atoms with Crippen LogP contribution in [0.2, 0.25) is 0 Å². The Kier molecular flexibility index (Phi) is 7.49. The first kappa shape index (κ1) is 26.5. The Labute approximate surface area is 208 Å². The number of carbonyl (C=O) groups is 2. The average Bonchev–Trinajstić information content (AvgIpc) is 3.26. The fourth-order valence-corrected chi connectivity index (χ4v) is 4.72. The van der Waals surface area contributed by atoms with Gasteiger partial charge in [-0.25, -0.2) is 23.4 Å². The lowest BCUT2D eigenvalue weighted by Gasteiger charge is -2.32. The van der Waals surface area contributed by atoms with Crippen LogP contribution < -0.4 is 20.3 Å². The van der Waals surface area contributed by atoms with Gasteiger partial charge in [0, 0.05) is 32.1 Å². The molecule has 37 heavy (non-hydrogen) atoms. The van der Waals surface area contributed by atoms with Crippen LogP contribution in [0.15, 0.2) is 17.6 Å². The standard InChI is InChI=1S/C19H24F3N9O5S/c20-19(21,22)37(35,36)29-12(17(33)34)8-31-10-27-13-14(25-9-26-15(13)31)30-6-2-11(3-7-30)16(32)28-18-23-4-1-5-24-18/h9-12,29H,1-8H2,(H,33,34)(H2,23,24,28,32). The Balaban J connectivity index is 1.45. The molecule has 0 saturated carbocycles. The highest BCUT2D eigenvalue weighted by Crippen LogP contribution is 2.27. The molecule has 1 atom stereocenters. The van der Waals surface area contributed by atoms with Gasteiger partial charge in [-0.15, -0.1) is 0 Å². The minimum Gasteiger partial charge on any atom is -0.480 e. The third kappa shape index (κ3) is 5.90. The minimum atomic E-state index is -5.90. The van der Waals surface area contributed by atoms with E-state index in [0.717, 1.165) is 28.6 Å². The van der Waals surface area contributed by atoms with E-state index in [4.69, 9.17) is 0 Å². The Morgan fingerprint density at radius 2 is 1.95 bits per heavy atom. The number of nitrogens with one attached hydrogen (secondary N) is 3. The van der Waals surface area contributed by atoms with E-state index in [0.29, 0.717) is 44.3 Å². The zero-order chi connectivity index (χ0) is 26.8. The van der Waals surface area contributed by atoms with Crippen LogP contribution in [-0.4, -0.2) is 88.6 Å². The maximum atomic E-state index is 12.7. The molecule has 4 heterocycles. The van der Waals surface area contributed by atoms with Crippen molar-refractivity contribution in [3.05, 3.63) is 12.7 Å². The van der Waals surface area contributed by atoms with E-state index in [1.807, 2.05) is 4.90 Å². The number of fused-ring (bicyclic) bond motifs is 1. The molecule has 2 aliphatic rings. The number of alkyl halides is 3. The number of anilines is 1. The molecule has 0 radical (unpaired) electrons. The highest BCUT2D eigenvalue weighted by Gasteiger charge is 2.47. The van der Waals surface area contributed by atoms with Crippen LogP contribution >= 0.6 is 0 Å². The lowest BCUT2D eigenvalue weighted by Crippen LogP contribution is -2.48. The van der Waals surface area contributed by atoms with Gasteiger partial charge in [-0.1, -0.05) is 0 Å². The third-order valence-corrected chi connectivity index (χ3v) is 7.17. The smallest absolute Gasteiger partial charge is 0.480 e. The fourth-order valence-electron chi connectivity index (χ4n) is 4.04. The van der Waals surface area contributed by atoms with Gasteiger partial charge in [0.2, 0.25) is 5.91 Å². The number of imidazole rings is 1. The molecule has 4 rings (SSSR count). The van der Waals surface area contributed by atoms with Crippen molar-refractivity contribution in [2.24, 2.45) is 10.9 Å². The van der Waals surface area contributed by atoms with E-state index >= 15 is 0 Å². The molecule has 14 nitrogen and oxygen atoms in total. The molecule has 1 unspecified atom stereocenters. The van der Waals surface area contributed by atoms with Crippen LogP contribution in [-0.2, 0) is 26.2 Å². The number of carboxylic acid groups (broad SMARTS) is 1. The second-order valence-corrected chi connectivity index (χ2v) is 10.2. The molecule has 4 N–H and O–H groups in total. The Morgan fingerprint density at radius 1 is 1.22 bits per heavy atom. The first-order valence-electron chi connectivity index (χ1n) is 11.3. The fraction of sp³-hybridized carbons (Fsp3) is 0.579. The van der Waals surface area contributed by atoms with Gasteiger partial charge in [0.25, 0.3) is 0 Å². The summed E-state index contributed by atoms with van der Waals surface area (Å²) in [6.07, 6.45) is 4.29. The van der Waals surface area contributed by atoms with Crippen LogP contribution in [0.25, 0.3) is 11.2 Å². The molecule has 2 aromatic rings. The van der Waals surface area contributed by atoms with Gasteiger partial charge in [-0.05, 0) is 19.3 Å². The monoisotopic (exact) mass is 547 g/mol. The SMILES string of the molecule is O=C(NC1=NCCCN1)C1CCN(c2ncnc3c2ncn3CC(NS(=O)(=O)C(F)(F)F)C(=O)O)CC1. The lowest BCUT2D eigenvalue weighted by molar-refractivity contribution is -0.139. The van der Waals surface area contributed by atoms with Gasteiger partial charge in [0.05, 0.1) is 12.9 Å². The summed E-state index contributed by atoms with van der Waals surface area (Å²) in [6.45, 7) is 1.62. The zero-order valence-corrected chi connectivity index (χ0v) is 20.1. The van der Waals surface area contributed by atoms with Gasteiger partial charge in [0.15, 0.2) is 22.9 Å². The van der Waals surface area contributed by atoms with Crippen LogP contribution in [0, 0.1) is 5.92 Å². The molecule has 0 bridgehead atoms. The normalized spacial score (nSPS) is 18.2. The van der Waals surface area contributed by atoms with Crippen molar-refractivity contribution in [3.8, 4) is 0 Å². The van der Waals surface area contributed by atoms with E-state index in [9.17, 15) is 36.3 Å². The summed E-state index contributed by atoms with van der Waals surface area (Å²) in [4.78, 5) is 42.7. The number of halogens is 3. The van der Waals surface area contributed by atoms with Gasteiger partial charge >= 0.3 is 21.5 Å². The molecule has 202 valence electrons. The number of aliphatic carboxylic acids is 1. The molecule has 2 aliphatic heterocycles. The Hall–Kier alpha value is -3.54. The Bertz CT molecular complexity index is 1310. The first-order chi connectivity index (χ1) is 17.5. The number of amides is 1. The number of piperidine rings is 1. The molecular weight excluding hydrogens is 523 g/mol. The molecule has 2 aromatic heterocycles. The minimum absolute atomic E-state index is 0.115. The predicted molar refractivity (Wildman–Crippen MR) is 123 cm³/mol. The molecule has 0 aromatic carbocycles. The van der Waals surface area contributed by atoms with Gasteiger partial charge in [-0.3, -0.25) is 19.9 Å². The summed E-state index contributed by atoms with van der Waals surface area (Å²) in [6, 6.07) is -2.13. The van der Waals surface area contributed by atoms with Gasteiger partial charge in [-0.2, -0.15) is 17.9 Å². The van der Waals surface area contributed by atoms with Crippen LogP contribution in [0.4, 0.5) is 19.0 Å². The number of rotatable bonds is 7. The van der Waals surface area contributed by atoms with E-state index < -0.39 is 34.1 Å². The maximum Gasteiger partial charge on any atom is 0.511 e. The van der Waals surface area contributed by atoms with E-state index in [1.165, 1.54) is 6.33 Å². The molecule has 1 amide bonds. The number of sulfonamides is 1. The molecule has 0 spiro atoms. The largest absolute Gasteiger partial charge is 0.511 e. The summed E-state index contributed by atoms with van der Waals surface area (Å²) in [5.74, 6) is -1.30. The molecule has 18 heteroatoms. The summed E-state index contributed by atoms with van der Waals surface area (Å²) < 4.78 is 63.3. The number of aromatic nitrogens is 4. The van der Waals surface area contributed by atoms with Gasteiger partial charge in [0.1, 0.15) is 12.4 Å². The highest BCUT2D eigenvalue weighted by atomic mass is 32.2.